The molecule has 3 rings (SSSR count). The maximum Gasteiger partial charge on any atom is 0.251 e. The number of halogens is 1. The largest absolute Gasteiger partial charge is 0.370 e. The molecule has 2 heterocycles. The smallest absolute Gasteiger partial charge is 0.251 e. The molecule has 6 nitrogen and oxygen atoms in total. The van der Waals surface area contributed by atoms with Gasteiger partial charge in [0.15, 0.2) is 0 Å². The fourth-order valence-corrected chi connectivity index (χ4v) is 4.01. The topological polar surface area (TPSA) is 64.7 Å². The van der Waals surface area contributed by atoms with Crippen LogP contribution in [0, 0.1) is 0 Å². The zero-order valence-electron chi connectivity index (χ0n) is 14.7. The van der Waals surface area contributed by atoms with Gasteiger partial charge in [-0.15, -0.1) is 0 Å². The molecule has 136 valence electrons. The van der Waals surface area contributed by atoms with Gasteiger partial charge in [0.2, 0.25) is 5.91 Å². The van der Waals surface area contributed by atoms with Gasteiger partial charge in [0.05, 0.1) is 16.8 Å². The van der Waals surface area contributed by atoms with E-state index in [4.69, 9.17) is 11.6 Å². The number of amides is 2. The van der Waals surface area contributed by atoms with Gasteiger partial charge in [-0.05, 0) is 44.5 Å². The van der Waals surface area contributed by atoms with E-state index in [0.29, 0.717) is 23.6 Å². The molecule has 2 saturated heterocycles. The maximum absolute atomic E-state index is 12.5. The lowest BCUT2D eigenvalue weighted by Crippen LogP contribution is -2.39. The summed E-state index contributed by atoms with van der Waals surface area (Å²) in [5.74, 6) is -0.164. The van der Waals surface area contributed by atoms with Crippen LogP contribution in [-0.4, -0.2) is 62.5 Å². The summed E-state index contributed by atoms with van der Waals surface area (Å²) >= 11 is 6.39. The summed E-state index contributed by atoms with van der Waals surface area (Å²) in [4.78, 5) is 28.6. The summed E-state index contributed by atoms with van der Waals surface area (Å²) in [5.41, 5.74) is 1.55. The highest BCUT2D eigenvalue weighted by Gasteiger charge is 2.34. The Morgan fingerprint density at radius 3 is 2.60 bits per heavy atom. The molecule has 2 aliphatic rings. The van der Waals surface area contributed by atoms with Gasteiger partial charge in [0.1, 0.15) is 0 Å². The molecule has 0 aromatic heterocycles. The number of nitrogens with one attached hydrogen (secondary N) is 2. The van der Waals surface area contributed by atoms with Crippen molar-refractivity contribution in [1.29, 1.82) is 0 Å². The summed E-state index contributed by atoms with van der Waals surface area (Å²) in [7, 11) is 3.53. The third kappa shape index (κ3) is 3.90. The Morgan fingerprint density at radius 1 is 1.24 bits per heavy atom. The van der Waals surface area contributed by atoms with E-state index in [1.54, 1.807) is 13.1 Å². The number of benzene rings is 1. The number of nitrogens with zero attached hydrogens (tertiary/aromatic N) is 2. The first-order valence-corrected chi connectivity index (χ1v) is 9.14. The summed E-state index contributed by atoms with van der Waals surface area (Å²) < 4.78 is 0. The predicted octanol–water partition coefficient (Wildman–Crippen LogP) is 1.49. The predicted molar refractivity (Wildman–Crippen MR) is 99.3 cm³/mol. The SMILES string of the molecule is CNC(=O)[C@@H]1C[C@@H](NC(=O)c2ccc(N3CCCC3)c(Cl)c2)CN1C. The summed E-state index contributed by atoms with van der Waals surface area (Å²) in [6, 6.07) is 5.24. The van der Waals surface area contributed by atoms with Gasteiger partial charge in [0.25, 0.3) is 5.91 Å². The lowest BCUT2D eigenvalue weighted by atomic mass is 10.1. The molecule has 2 aliphatic heterocycles. The first-order chi connectivity index (χ1) is 12.0. The highest BCUT2D eigenvalue weighted by Crippen LogP contribution is 2.29. The molecule has 0 unspecified atom stereocenters. The molecule has 0 spiro atoms. The molecule has 2 atom stereocenters. The number of likely N-dealkylation sites (tertiary alicyclic amines) is 1. The molecule has 2 amide bonds. The molecule has 0 saturated carbocycles. The van der Waals surface area contributed by atoms with Gasteiger partial charge in [0, 0.05) is 38.3 Å². The summed E-state index contributed by atoms with van der Waals surface area (Å²) in [6.07, 6.45) is 2.97. The molecule has 0 bridgehead atoms. The number of carbonyl (C=O) groups is 2. The Hall–Kier alpha value is -1.79. The number of rotatable bonds is 4. The van der Waals surface area contributed by atoms with E-state index in [1.807, 2.05) is 24.1 Å². The van der Waals surface area contributed by atoms with Crippen LogP contribution < -0.4 is 15.5 Å². The third-order valence-corrected chi connectivity index (χ3v) is 5.39. The van der Waals surface area contributed by atoms with E-state index in [-0.39, 0.29) is 23.9 Å². The third-order valence-electron chi connectivity index (χ3n) is 5.09. The molecule has 7 heteroatoms. The van der Waals surface area contributed by atoms with Crippen molar-refractivity contribution >= 4 is 29.1 Å². The van der Waals surface area contributed by atoms with Gasteiger partial charge in [-0.2, -0.15) is 0 Å². The number of likely N-dealkylation sites (N-methyl/N-ethyl adjacent to an activating group) is 2. The van der Waals surface area contributed by atoms with Crippen molar-refractivity contribution < 1.29 is 9.59 Å². The van der Waals surface area contributed by atoms with Crippen LogP contribution in [0.3, 0.4) is 0 Å². The highest BCUT2D eigenvalue weighted by atomic mass is 35.5. The van der Waals surface area contributed by atoms with Gasteiger partial charge >= 0.3 is 0 Å². The molecule has 1 aromatic carbocycles. The maximum atomic E-state index is 12.5. The zero-order chi connectivity index (χ0) is 18.0. The molecule has 2 fully saturated rings. The van der Waals surface area contributed by atoms with Crippen LogP contribution >= 0.6 is 11.6 Å². The average molecular weight is 365 g/mol. The number of hydrogen-bond donors (Lipinski definition) is 2. The van der Waals surface area contributed by atoms with Gasteiger partial charge in [-0.1, -0.05) is 11.6 Å². The van der Waals surface area contributed by atoms with E-state index in [2.05, 4.69) is 15.5 Å². The number of carbonyl (C=O) groups excluding carboxylic acids is 2. The van der Waals surface area contributed by atoms with Gasteiger partial charge < -0.3 is 15.5 Å². The van der Waals surface area contributed by atoms with E-state index >= 15 is 0 Å². The minimum atomic E-state index is -0.198. The van der Waals surface area contributed by atoms with Crippen LogP contribution in [0.5, 0.6) is 0 Å². The van der Waals surface area contributed by atoms with Crippen LogP contribution in [0.25, 0.3) is 0 Å². The summed E-state index contributed by atoms with van der Waals surface area (Å²) in [5, 5.41) is 6.30. The van der Waals surface area contributed by atoms with Gasteiger partial charge in [-0.3, -0.25) is 14.5 Å². The molecular weight excluding hydrogens is 340 g/mol. The van der Waals surface area contributed by atoms with Crippen LogP contribution in [0.1, 0.15) is 29.6 Å². The zero-order valence-corrected chi connectivity index (χ0v) is 15.5. The molecule has 25 heavy (non-hydrogen) atoms. The van der Waals surface area contributed by atoms with Crippen LogP contribution in [0.4, 0.5) is 5.69 Å². The Balaban J connectivity index is 1.64. The minimum absolute atomic E-state index is 0.0164. The normalized spacial score (nSPS) is 23.7. The van der Waals surface area contributed by atoms with Gasteiger partial charge in [-0.25, -0.2) is 0 Å². The highest BCUT2D eigenvalue weighted by molar-refractivity contribution is 6.33. The molecular formula is C18H25ClN4O2. The fraction of sp³-hybridized carbons (Fsp3) is 0.556. The van der Waals surface area contributed by atoms with Crippen molar-refractivity contribution in [1.82, 2.24) is 15.5 Å². The second kappa shape index (κ2) is 7.62. The minimum Gasteiger partial charge on any atom is -0.370 e. The molecule has 0 radical (unpaired) electrons. The van der Waals surface area contributed by atoms with Crippen molar-refractivity contribution in [2.24, 2.45) is 0 Å². The van der Waals surface area contributed by atoms with Crippen molar-refractivity contribution in [2.45, 2.75) is 31.3 Å². The van der Waals surface area contributed by atoms with Crippen molar-refractivity contribution in [3.05, 3.63) is 28.8 Å². The Bertz CT molecular complexity index is 660. The van der Waals surface area contributed by atoms with Crippen molar-refractivity contribution in [2.75, 3.05) is 38.6 Å². The van der Waals surface area contributed by atoms with Crippen molar-refractivity contribution in [3.63, 3.8) is 0 Å². The second-order valence-corrected chi connectivity index (χ2v) is 7.24. The lowest BCUT2D eigenvalue weighted by Gasteiger charge is -2.20. The monoisotopic (exact) mass is 364 g/mol. The summed E-state index contributed by atoms with van der Waals surface area (Å²) in [6.45, 7) is 2.69. The van der Waals surface area contributed by atoms with E-state index in [0.717, 1.165) is 18.8 Å². The first kappa shape index (κ1) is 18.0. The molecule has 2 N–H and O–H groups in total. The second-order valence-electron chi connectivity index (χ2n) is 6.84. The van der Waals surface area contributed by atoms with Crippen LogP contribution in [0.15, 0.2) is 18.2 Å². The Morgan fingerprint density at radius 2 is 1.96 bits per heavy atom. The standard InChI is InChI=1S/C18H25ClN4O2/c1-20-18(25)16-10-13(11-22(16)2)21-17(24)12-5-6-15(14(19)9-12)23-7-3-4-8-23/h5-6,9,13,16H,3-4,7-8,10-11H2,1-2H3,(H,20,25)(H,21,24)/t13-,16+/m1/s1. The van der Waals surface area contributed by atoms with E-state index in [9.17, 15) is 9.59 Å². The van der Waals surface area contributed by atoms with Crippen molar-refractivity contribution in [3.8, 4) is 0 Å². The number of anilines is 1. The Kier molecular flexibility index (Phi) is 5.49. The molecule has 1 aromatic rings. The average Bonchev–Trinajstić information content (AvgIpc) is 3.24. The van der Waals surface area contributed by atoms with E-state index in [1.165, 1.54) is 12.8 Å². The number of hydrogen-bond acceptors (Lipinski definition) is 4. The van der Waals surface area contributed by atoms with Crippen LogP contribution in [0.2, 0.25) is 5.02 Å². The van der Waals surface area contributed by atoms with E-state index < -0.39 is 0 Å². The quantitative estimate of drug-likeness (QED) is 0.849. The first-order valence-electron chi connectivity index (χ1n) is 8.77. The lowest BCUT2D eigenvalue weighted by molar-refractivity contribution is -0.124. The fourth-order valence-electron chi connectivity index (χ4n) is 3.71. The Labute approximate surface area is 153 Å². The van der Waals surface area contributed by atoms with Crippen LogP contribution in [-0.2, 0) is 4.79 Å². The molecule has 0 aliphatic carbocycles.